The standard InChI is InChI=1S/C11H13F2NO3/c1-6(5-17-2)14-10-8(12)3-7(11(15)16)4-9(10)13/h3-4,6,14H,5H2,1-2H3,(H,15,16). The second-order valence-electron chi connectivity index (χ2n) is 3.62. The molecule has 0 amide bonds. The summed E-state index contributed by atoms with van der Waals surface area (Å²) in [5.41, 5.74) is -0.774. The zero-order chi connectivity index (χ0) is 13.0. The van der Waals surface area contributed by atoms with Gasteiger partial charge in [0, 0.05) is 13.2 Å². The van der Waals surface area contributed by atoms with Crippen molar-refractivity contribution in [1.82, 2.24) is 0 Å². The van der Waals surface area contributed by atoms with E-state index in [1.807, 2.05) is 0 Å². The maximum Gasteiger partial charge on any atom is 0.335 e. The molecule has 1 unspecified atom stereocenters. The highest BCUT2D eigenvalue weighted by Crippen LogP contribution is 2.21. The van der Waals surface area contributed by atoms with Gasteiger partial charge in [0.15, 0.2) is 0 Å². The number of carboxylic acid groups (broad SMARTS) is 1. The van der Waals surface area contributed by atoms with Crippen LogP contribution in [0.4, 0.5) is 14.5 Å². The molecule has 1 atom stereocenters. The summed E-state index contributed by atoms with van der Waals surface area (Å²) in [4.78, 5) is 10.6. The quantitative estimate of drug-likeness (QED) is 0.834. The van der Waals surface area contributed by atoms with Crippen LogP contribution in [-0.2, 0) is 4.74 Å². The molecule has 17 heavy (non-hydrogen) atoms. The van der Waals surface area contributed by atoms with E-state index in [4.69, 9.17) is 9.84 Å². The third kappa shape index (κ3) is 3.39. The largest absolute Gasteiger partial charge is 0.478 e. The first-order valence-electron chi connectivity index (χ1n) is 4.93. The molecule has 94 valence electrons. The fraction of sp³-hybridized carbons (Fsp3) is 0.364. The Labute approximate surface area is 97.2 Å². The van der Waals surface area contributed by atoms with Crippen molar-refractivity contribution >= 4 is 11.7 Å². The maximum atomic E-state index is 13.5. The number of rotatable bonds is 5. The van der Waals surface area contributed by atoms with E-state index >= 15 is 0 Å². The van der Waals surface area contributed by atoms with Crippen LogP contribution < -0.4 is 5.32 Å². The zero-order valence-corrected chi connectivity index (χ0v) is 9.46. The number of methoxy groups -OCH3 is 1. The van der Waals surface area contributed by atoms with E-state index in [0.29, 0.717) is 0 Å². The van der Waals surface area contributed by atoms with Crippen molar-refractivity contribution in [3.05, 3.63) is 29.3 Å². The van der Waals surface area contributed by atoms with Crippen molar-refractivity contribution in [1.29, 1.82) is 0 Å². The molecular weight excluding hydrogens is 232 g/mol. The van der Waals surface area contributed by atoms with Crippen LogP contribution in [0.2, 0.25) is 0 Å². The van der Waals surface area contributed by atoms with Gasteiger partial charge in [0.1, 0.15) is 17.3 Å². The van der Waals surface area contributed by atoms with Crippen LogP contribution in [0.5, 0.6) is 0 Å². The van der Waals surface area contributed by atoms with Crippen LogP contribution in [0, 0.1) is 11.6 Å². The topological polar surface area (TPSA) is 58.6 Å². The van der Waals surface area contributed by atoms with Crippen LogP contribution in [0.25, 0.3) is 0 Å². The number of hydrogen-bond donors (Lipinski definition) is 2. The van der Waals surface area contributed by atoms with Crippen molar-refractivity contribution < 1.29 is 23.4 Å². The molecule has 0 saturated carbocycles. The number of hydrogen-bond acceptors (Lipinski definition) is 3. The molecule has 0 saturated heterocycles. The highest BCUT2D eigenvalue weighted by atomic mass is 19.1. The number of benzene rings is 1. The van der Waals surface area contributed by atoms with Gasteiger partial charge >= 0.3 is 5.97 Å². The normalized spacial score (nSPS) is 12.2. The number of anilines is 1. The van der Waals surface area contributed by atoms with Gasteiger partial charge in [-0.1, -0.05) is 0 Å². The Morgan fingerprint density at radius 3 is 2.41 bits per heavy atom. The van der Waals surface area contributed by atoms with E-state index in [2.05, 4.69) is 5.32 Å². The van der Waals surface area contributed by atoms with Gasteiger partial charge in [0.05, 0.1) is 12.2 Å². The Kier molecular flexibility index (Phi) is 4.39. The summed E-state index contributed by atoms with van der Waals surface area (Å²) < 4.78 is 31.7. The van der Waals surface area contributed by atoms with Crippen molar-refractivity contribution in [2.24, 2.45) is 0 Å². The van der Waals surface area contributed by atoms with Gasteiger partial charge in [-0.2, -0.15) is 0 Å². The molecule has 0 fully saturated rings. The average Bonchev–Trinajstić information content (AvgIpc) is 2.23. The fourth-order valence-electron chi connectivity index (χ4n) is 1.37. The summed E-state index contributed by atoms with van der Waals surface area (Å²) in [6.07, 6.45) is 0. The lowest BCUT2D eigenvalue weighted by molar-refractivity contribution is 0.0696. The van der Waals surface area contributed by atoms with Crippen LogP contribution in [-0.4, -0.2) is 30.8 Å². The molecule has 1 rings (SSSR count). The zero-order valence-electron chi connectivity index (χ0n) is 9.46. The number of carboxylic acids is 1. The lowest BCUT2D eigenvalue weighted by Crippen LogP contribution is -2.22. The molecule has 0 spiro atoms. The summed E-state index contributed by atoms with van der Waals surface area (Å²) in [6.45, 7) is 1.97. The predicted molar refractivity (Wildman–Crippen MR) is 58.3 cm³/mol. The minimum atomic E-state index is -1.38. The minimum absolute atomic E-state index is 0.277. The molecule has 0 radical (unpaired) electrons. The molecule has 2 N–H and O–H groups in total. The summed E-state index contributed by atoms with van der Waals surface area (Å²) in [7, 11) is 1.47. The number of ether oxygens (including phenoxy) is 1. The average molecular weight is 245 g/mol. The highest BCUT2D eigenvalue weighted by molar-refractivity contribution is 5.88. The Morgan fingerprint density at radius 1 is 1.47 bits per heavy atom. The molecule has 0 aromatic heterocycles. The van der Waals surface area contributed by atoms with E-state index < -0.39 is 23.2 Å². The molecule has 0 aliphatic heterocycles. The molecule has 4 nitrogen and oxygen atoms in total. The number of carbonyl (C=O) groups is 1. The first-order valence-corrected chi connectivity index (χ1v) is 4.93. The Hall–Kier alpha value is -1.69. The first kappa shape index (κ1) is 13.4. The van der Waals surface area contributed by atoms with E-state index in [1.165, 1.54) is 7.11 Å². The minimum Gasteiger partial charge on any atom is -0.478 e. The Bertz CT molecular complexity index is 400. The van der Waals surface area contributed by atoms with E-state index in [-0.39, 0.29) is 18.3 Å². The molecule has 6 heteroatoms. The van der Waals surface area contributed by atoms with Crippen LogP contribution in [0.1, 0.15) is 17.3 Å². The van der Waals surface area contributed by atoms with Crippen LogP contribution >= 0.6 is 0 Å². The second kappa shape index (κ2) is 5.58. The first-order chi connectivity index (χ1) is 7.95. The third-order valence-corrected chi connectivity index (χ3v) is 2.10. The maximum absolute atomic E-state index is 13.5. The lowest BCUT2D eigenvalue weighted by Gasteiger charge is -2.15. The molecule has 1 aromatic carbocycles. The van der Waals surface area contributed by atoms with Crippen molar-refractivity contribution in [2.45, 2.75) is 13.0 Å². The van der Waals surface area contributed by atoms with Gasteiger partial charge in [-0.15, -0.1) is 0 Å². The smallest absolute Gasteiger partial charge is 0.335 e. The Morgan fingerprint density at radius 2 is 2.00 bits per heavy atom. The van der Waals surface area contributed by atoms with Gasteiger partial charge in [0.25, 0.3) is 0 Å². The number of nitrogens with one attached hydrogen (secondary N) is 1. The van der Waals surface area contributed by atoms with Gasteiger partial charge < -0.3 is 15.2 Å². The van der Waals surface area contributed by atoms with Gasteiger partial charge in [-0.05, 0) is 19.1 Å². The van der Waals surface area contributed by atoms with Gasteiger partial charge in [0.2, 0.25) is 0 Å². The molecule has 0 aliphatic rings. The summed E-state index contributed by atoms with van der Waals surface area (Å²) >= 11 is 0. The summed E-state index contributed by atoms with van der Waals surface area (Å²) in [5.74, 6) is -3.25. The molecular formula is C11H13F2NO3. The second-order valence-corrected chi connectivity index (χ2v) is 3.62. The molecule has 1 aromatic rings. The van der Waals surface area contributed by atoms with Gasteiger partial charge in [-0.3, -0.25) is 0 Å². The SMILES string of the molecule is COCC(C)Nc1c(F)cc(C(=O)O)cc1F. The molecule has 0 bridgehead atoms. The van der Waals surface area contributed by atoms with Crippen molar-refractivity contribution in [3.8, 4) is 0 Å². The summed E-state index contributed by atoms with van der Waals surface area (Å²) in [5, 5.41) is 11.2. The van der Waals surface area contributed by atoms with Crippen molar-refractivity contribution in [2.75, 3.05) is 19.0 Å². The molecule has 0 aliphatic carbocycles. The fourth-order valence-corrected chi connectivity index (χ4v) is 1.37. The number of halogens is 2. The van der Waals surface area contributed by atoms with E-state index in [1.54, 1.807) is 6.92 Å². The number of aromatic carboxylic acids is 1. The third-order valence-electron chi connectivity index (χ3n) is 2.10. The lowest BCUT2D eigenvalue weighted by atomic mass is 10.1. The van der Waals surface area contributed by atoms with Crippen LogP contribution in [0.3, 0.4) is 0 Å². The molecule has 0 heterocycles. The van der Waals surface area contributed by atoms with Crippen LogP contribution in [0.15, 0.2) is 12.1 Å². The van der Waals surface area contributed by atoms with Gasteiger partial charge in [-0.25, -0.2) is 13.6 Å². The Balaban J connectivity index is 2.97. The highest BCUT2D eigenvalue weighted by Gasteiger charge is 2.16. The van der Waals surface area contributed by atoms with E-state index in [0.717, 1.165) is 12.1 Å². The van der Waals surface area contributed by atoms with Crippen molar-refractivity contribution in [3.63, 3.8) is 0 Å². The van der Waals surface area contributed by atoms with E-state index in [9.17, 15) is 13.6 Å². The predicted octanol–water partition coefficient (Wildman–Crippen LogP) is 2.11. The summed E-state index contributed by atoms with van der Waals surface area (Å²) in [6, 6.07) is 1.25. The monoisotopic (exact) mass is 245 g/mol.